The van der Waals surface area contributed by atoms with E-state index in [0.717, 1.165) is 18.4 Å². The highest BCUT2D eigenvalue weighted by Gasteiger charge is 2.58. The van der Waals surface area contributed by atoms with Gasteiger partial charge in [-0.15, -0.1) is 0 Å². The van der Waals surface area contributed by atoms with E-state index in [0.29, 0.717) is 5.92 Å². The van der Waals surface area contributed by atoms with E-state index in [2.05, 4.69) is 0 Å². The van der Waals surface area contributed by atoms with Crippen molar-refractivity contribution in [3.63, 3.8) is 0 Å². The third kappa shape index (κ3) is 4.66. The Labute approximate surface area is 167 Å². The summed E-state index contributed by atoms with van der Waals surface area (Å²) in [6, 6.07) is 9.60. The van der Waals surface area contributed by atoms with Crippen LogP contribution in [0, 0.1) is 11.8 Å². The number of fused-ring (bicyclic) bond motifs is 1. The Morgan fingerprint density at radius 2 is 1.86 bits per heavy atom. The topological polar surface area (TPSA) is 65.1 Å². The molecule has 1 aromatic carbocycles. The molecule has 1 saturated carbocycles. The van der Waals surface area contributed by atoms with Gasteiger partial charge >= 0.3 is 12.1 Å². The highest BCUT2D eigenvalue weighted by Crippen LogP contribution is 2.50. The maximum Gasteiger partial charge on any atom is 0.410 e. The van der Waals surface area contributed by atoms with E-state index in [4.69, 9.17) is 14.2 Å². The number of rotatable bonds is 6. The van der Waals surface area contributed by atoms with Crippen LogP contribution in [0.2, 0.25) is 0 Å². The molecule has 1 aromatic rings. The van der Waals surface area contributed by atoms with Crippen LogP contribution in [-0.2, 0) is 25.6 Å². The fraction of sp³-hybridized carbons (Fsp3) is 0.636. The summed E-state index contributed by atoms with van der Waals surface area (Å²) in [6.45, 7) is 7.61. The van der Waals surface area contributed by atoms with E-state index in [1.807, 2.05) is 51.1 Å². The molecule has 0 bridgehead atoms. The van der Waals surface area contributed by atoms with E-state index in [9.17, 15) is 9.59 Å². The lowest BCUT2D eigenvalue weighted by Crippen LogP contribution is -2.51. The fourth-order valence-corrected chi connectivity index (χ4v) is 4.06. The molecular formula is C22H31NO5. The number of hydrogen-bond acceptors (Lipinski definition) is 5. The average molecular weight is 389 g/mol. The molecule has 2 aliphatic rings. The Morgan fingerprint density at radius 3 is 2.46 bits per heavy atom. The zero-order valence-corrected chi connectivity index (χ0v) is 17.4. The number of carbonyl (C=O) groups excluding carboxylic acids is 2. The standard InChI is InChI=1S/C22H31NO5/c1-14(20(24)27-13-15-9-7-6-8-10-15)19(26-5)18-12-16-11-17(16)23(18)21(25)28-22(2,3)4/h6-10,14,16-19H,11-13H2,1-5H3/t14?,16-,17-,18-,19?/m0/s1. The highest BCUT2D eigenvalue weighted by atomic mass is 16.6. The minimum Gasteiger partial charge on any atom is -0.461 e. The second-order valence-corrected chi connectivity index (χ2v) is 8.84. The number of amides is 1. The average Bonchev–Trinajstić information content (AvgIpc) is 3.29. The van der Waals surface area contributed by atoms with E-state index < -0.39 is 17.6 Å². The molecule has 1 aliphatic heterocycles. The number of benzene rings is 1. The fourth-order valence-electron chi connectivity index (χ4n) is 4.06. The molecule has 0 N–H and O–H groups in total. The van der Waals surface area contributed by atoms with Crippen LogP contribution in [0.1, 0.15) is 46.1 Å². The van der Waals surface area contributed by atoms with Crippen molar-refractivity contribution in [3.05, 3.63) is 35.9 Å². The number of ether oxygens (including phenoxy) is 3. The number of nitrogens with zero attached hydrogens (tertiary/aromatic N) is 1. The first kappa shape index (κ1) is 20.6. The zero-order chi connectivity index (χ0) is 20.5. The number of piperidine rings is 1. The molecule has 0 spiro atoms. The molecular weight excluding hydrogens is 358 g/mol. The maximum absolute atomic E-state index is 12.8. The van der Waals surface area contributed by atoms with Crippen molar-refractivity contribution in [2.45, 2.75) is 70.9 Å². The Morgan fingerprint density at radius 1 is 1.18 bits per heavy atom. The summed E-state index contributed by atoms with van der Waals surface area (Å²) in [5.41, 5.74) is 0.381. The summed E-state index contributed by atoms with van der Waals surface area (Å²) < 4.78 is 16.8. The Hall–Kier alpha value is -2.08. The Bertz CT molecular complexity index is 699. The number of esters is 1. The van der Waals surface area contributed by atoms with Gasteiger partial charge in [0, 0.05) is 13.2 Å². The van der Waals surface area contributed by atoms with Crippen LogP contribution in [0.3, 0.4) is 0 Å². The van der Waals surface area contributed by atoms with Crippen molar-refractivity contribution in [3.8, 4) is 0 Å². The summed E-state index contributed by atoms with van der Waals surface area (Å²) in [4.78, 5) is 27.2. The molecule has 154 valence electrons. The second-order valence-electron chi connectivity index (χ2n) is 8.84. The van der Waals surface area contributed by atoms with Gasteiger partial charge in [0.25, 0.3) is 0 Å². The normalized spacial score (nSPS) is 25.6. The number of carbonyl (C=O) groups is 2. The Kier molecular flexibility index (Phi) is 5.98. The summed E-state index contributed by atoms with van der Waals surface area (Å²) in [7, 11) is 1.59. The SMILES string of the molecule is COC(C(C)C(=O)OCc1ccccc1)[C@@H]1C[C@@H]2C[C@@H]2N1C(=O)OC(C)(C)C. The van der Waals surface area contributed by atoms with Crippen LogP contribution in [0.4, 0.5) is 4.79 Å². The molecule has 1 amide bonds. The van der Waals surface area contributed by atoms with Crippen LogP contribution in [0.25, 0.3) is 0 Å². The van der Waals surface area contributed by atoms with Gasteiger partial charge in [-0.2, -0.15) is 0 Å². The third-order valence-electron chi connectivity index (χ3n) is 5.49. The first-order valence-electron chi connectivity index (χ1n) is 9.96. The zero-order valence-electron chi connectivity index (χ0n) is 17.4. The summed E-state index contributed by atoms with van der Waals surface area (Å²) >= 11 is 0. The molecule has 28 heavy (non-hydrogen) atoms. The van der Waals surface area contributed by atoms with Gasteiger partial charge in [0.15, 0.2) is 0 Å². The van der Waals surface area contributed by atoms with Crippen LogP contribution < -0.4 is 0 Å². The monoisotopic (exact) mass is 389 g/mol. The van der Waals surface area contributed by atoms with Gasteiger partial charge in [-0.05, 0) is 52.0 Å². The molecule has 1 aliphatic carbocycles. The van der Waals surface area contributed by atoms with Crippen molar-refractivity contribution in [1.29, 1.82) is 0 Å². The van der Waals surface area contributed by atoms with Gasteiger partial charge in [-0.25, -0.2) is 4.79 Å². The molecule has 2 unspecified atom stereocenters. The molecule has 3 rings (SSSR count). The van der Waals surface area contributed by atoms with Crippen molar-refractivity contribution < 1.29 is 23.8 Å². The second kappa shape index (κ2) is 8.11. The summed E-state index contributed by atoms with van der Waals surface area (Å²) in [5, 5.41) is 0. The van der Waals surface area contributed by atoms with E-state index in [-0.39, 0.29) is 30.8 Å². The third-order valence-corrected chi connectivity index (χ3v) is 5.49. The van der Waals surface area contributed by atoms with Gasteiger partial charge in [-0.1, -0.05) is 30.3 Å². The van der Waals surface area contributed by atoms with Gasteiger partial charge in [0.2, 0.25) is 0 Å². The molecule has 0 radical (unpaired) electrons. The molecule has 0 aromatic heterocycles. The highest BCUT2D eigenvalue weighted by molar-refractivity contribution is 5.74. The summed E-state index contributed by atoms with van der Waals surface area (Å²) in [5.74, 6) is -0.329. The largest absolute Gasteiger partial charge is 0.461 e. The van der Waals surface area contributed by atoms with Gasteiger partial charge in [-0.3, -0.25) is 9.69 Å². The molecule has 2 fully saturated rings. The van der Waals surface area contributed by atoms with Crippen LogP contribution in [-0.4, -0.2) is 47.9 Å². The van der Waals surface area contributed by atoms with Crippen LogP contribution >= 0.6 is 0 Å². The predicted molar refractivity (Wildman–Crippen MR) is 105 cm³/mol. The predicted octanol–water partition coefficient (Wildman–Crippen LogP) is 3.78. The number of hydrogen-bond donors (Lipinski definition) is 0. The minimum atomic E-state index is -0.558. The van der Waals surface area contributed by atoms with Crippen molar-refractivity contribution in [2.75, 3.05) is 7.11 Å². The minimum absolute atomic E-state index is 0.178. The molecule has 1 heterocycles. The first-order chi connectivity index (χ1) is 13.2. The first-order valence-corrected chi connectivity index (χ1v) is 9.96. The van der Waals surface area contributed by atoms with Gasteiger partial charge in [0.1, 0.15) is 12.2 Å². The van der Waals surface area contributed by atoms with Crippen LogP contribution in [0.15, 0.2) is 30.3 Å². The Balaban J connectivity index is 1.65. The quantitative estimate of drug-likeness (QED) is 0.693. The molecule has 6 nitrogen and oxygen atoms in total. The van der Waals surface area contributed by atoms with Crippen molar-refractivity contribution in [1.82, 2.24) is 4.90 Å². The van der Waals surface area contributed by atoms with Crippen molar-refractivity contribution in [2.24, 2.45) is 11.8 Å². The van der Waals surface area contributed by atoms with Gasteiger partial charge < -0.3 is 14.2 Å². The van der Waals surface area contributed by atoms with Crippen molar-refractivity contribution >= 4 is 12.1 Å². The molecule has 1 saturated heterocycles. The van der Waals surface area contributed by atoms with E-state index >= 15 is 0 Å². The van der Waals surface area contributed by atoms with Crippen LogP contribution in [0.5, 0.6) is 0 Å². The lowest BCUT2D eigenvalue weighted by Gasteiger charge is -2.36. The molecule has 6 heteroatoms. The lowest BCUT2D eigenvalue weighted by atomic mass is 9.94. The lowest BCUT2D eigenvalue weighted by molar-refractivity contribution is -0.156. The maximum atomic E-state index is 12.8. The summed E-state index contributed by atoms with van der Waals surface area (Å²) in [6.07, 6.45) is 1.08. The van der Waals surface area contributed by atoms with E-state index in [1.54, 1.807) is 18.9 Å². The van der Waals surface area contributed by atoms with Gasteiger partial charge in [0.05, 0.1) is 18.1 Å². The number of likely N-dealkylation sites (tertiary alicyclic amines) is 1. The van der Waals surface area contributed by atoms with E-state index in [1.165, 1.54) is 0 Å². The molecule has 5 atom stereocenters. The smallest absolute Gasteiger partial charge is 0.410 e. The number of methoxy groups -OCH3 is 1.